The molecule has 1 saturated heterocycles. The Morgan fingerprint density at radius 1 is 1.00 bits per heavy atom. The Bertz CT molecular complexity index is 1360. The van der Waals surface area contributed by atoms with Gasteiger partial charge in [0.05, 0.1) is 31.4 Å². The lowest BCUT2D eigenvalue weighted by molar-refractivity contribution is -0.126. The van der Waals surface area contributed by atoms with Gasteiger partial charge in [-0.25, -0.2) is 9.48 Å². The summed E-state index contributed by atoms with van der Waals surface area (Å²) in [7, 11) is 1.32. The van der Waals surface area contributed by atoms with Crippen molar-refractivity contribution in [1.82, 2.24) is 25.2 Å². The summed E-state index contributed by atoms with van der Waals surface area (Å²) in [5.41, 5.74) is 3.31. The molecule has 4 aromatic rings. The molecule has 1 N–H and O–H groups in total. The Labute approximate surface area is 232 Å². The smallest absolute Gasteiger partial charge is 0.360 e. The first-order valence-corrected chi connectivity index (χ1v) is 14.1. The van der Waals surface area contributed by atoms with E-state index in [-0.39, 0.29) is 23.7 Å². The molecule has 1 fully saturated rings. The van der Waals surface area contributed by atoms with Crippen LogP contribution in [0.5, 0.6) is 0 Å². The maximum Gasteiger partial charge on any atom is 0.360 e. The van der Waals surface area contributed by atoms with Gasteiger partial charge in [0, 0.05) is 18.0 Å². The molecule has 1 aliphatic rings. The molecular formula is C30H31N5O3S. The summed E-state index contributed by atoms with van der Waals surface area (Å²) in [6.07, 6.45) is 4.19. The van der Waals surface area contributed by atoms with Gasteiger partial charge < -0.3 is 10.1 Å². The zero-order valence-corrected chi connectivity index (χ0v) is 22.8. The van der Waals surface area contributed by atoms with Gasteiger partial charge in [-0.3, -0.25) is 9.69 Å². The highest BCUT2D eigenvalue weighted by Gasteiger charge is 2.39. The third-order valence-corrected chi connectivity index (χ3v) is 7.80. The van der Waals surface area contributed by atoms with Crippen molar-refractivity contribution in [3.05, 3.63) is 114 Å². The molecule has 0 aliphatic carbocycles. The van der Waals surface area contributed by atoms with Crippen molar-refractivity contribution in [1.29, 1.82) is 0 Å². The number of thioether (sulfide) groups is 1. The van der Waals surface area contributed by atoms with Crippen LogP contribution < -0.4 is 5.32 Å². The third-order valence-electron chi connectivity index (χ3n) is 7.06. The average Bonchev–Trinajstić information content (AvgIpc) is 3.65. The zero-order valence-electron chi connectivity index (χ0n) is 21.9. The van der Waals surface area contributed by atoms with Crippen LogP contribution in [0.25, 0.3) is 0 Å². The largest absolute Gasteiger partial charge is 0.464 e. The second kappa shape index (κ2) is 12.3. The number of aromatic nitrogens is 3. The number of hydrogen-bond acceptors (Lipinski definition) is 7. The van der Waals surface area contributed by atoms with E-state index < -0.39 is 12.0 Å². The Kier molecular flexibility index (Phi) is 8.39. The number of likely N-dealkylation sites (tertiary alicyclic amines) is 1. The van der Waals surface area contributed by atoms with Crippen molar-refractivity contribution in [2.45, 2.75) is 36.0 Å². The first-order chi connectivity index (χ1) is 19.1. The van der Waals surface area contributed by atoms with Gasteiger partial charge in [-0.05, 0) is 41.5 Å². The lowest BCUT2D eigenvalue weighted by atomic mass is 9.98. The lowest BCUT2D eigenvalue weighted by Gasteiger charge is -2.27. The summed E-state index contributed by atoms with van der Waals surface area (Å²) in [6, 6.07) is 27.6. The zero-order chi connectivity index (χ0) is 27.2. The van der Waals surface area contributed by atoms with Gasteiger partial charge in [0.1, 0.15) is 0 Å². The monoisotopic (exact) mass is 541 g/mol. The predicted octanol–water partition coefficient (Wildman–Crippen LogP) is 4.51. The predicted molar refractivity (Wildman–Crippen MR) is 150 cm³/mol. The molecule has 39 heavy (non-hydrogen) atoms. The molecule has 2 heterocycles. The van der Waals surface area contributed by atoms with Crippen LogP contribution in [0.2, 0.25) is 0 Å². The van der Waals surface area contributed by atoms with E-state index in [4.69, 9.17) is 4.74 Å². The highest BCUT2D eigenvalue weighted by molar-refractivity contribution is 7.98. The van der Waals surface area contributed by atoms with Crippen LogP contribution in [0.3, 0.4) is 0 Å². The molecule has 9 heteroatoms. The van der Waals surface area contributed by atoms with E-state index in [0.717, 1.165) is 16.7 Å². The van der Waals surface area contributed by atoms with Crippen molar-refractivity contribution in [2.24, 2.45) is 0 Å². The maximum atomic E-state index is 14.0. The molecular weight excluding hydrogens is 510 g/mol. The molecule has 8 nitrogen and oxygen atoms in total. The summed E-state index contributed by atoms with van der Waals surface area (Å²) < 4.78 is 6.46. The highest BCUT2D eigenvalue weighted by Crippen LogP contribution is 2.31. The Morgan fingerprint density at radius 3 is 2.23 bits per heavy atom. The number of hydrogen-bond donors (Lipinski definition) is 1. The number of esters is 1. The molecule has 3 aromatic carbocycles. The topological polar surface area (TPSA) is 89.4 Å². The number of amides is 1. The molecule has 0 unspecified atom stereocenters. The highest BCUT2D eigenvalue weighted by atomic mass is 32.2. The van der Waals surface area contributed by atoms with Crippen LogP contribution in [0.4, 0.5) is 0 Å². The van der Waals surface area contributed by atoms with E-state index in [2.05, 4.69) is 51.1 Å². The van der Waals surface area contributed by atoms with Crippen LogP contribution in [-0.4, -0.2) is 57.7 Å². The van der Waals surface area contributed by atoms with E-state index in [9.17, 15) is 9.59 Å². The van der Waals surface area contributed by atoms with Gasteiger partial charge in [0.15, 0.2) is 5.69 Å². The fraction of sp³-hybridized carbons (Fsp3) is 0.267. The van der Waals surface area contributed by atoms with Crippen LogP contribution in [0, 0.1) is 0 Å². The number of carbonyl (C=O) groups excluding carboxylic acids is 2. The number of nitrogens with zero attached hydrogens (tertiary/aromatic N) is 4. The minimum Gasteiger partial charge on any atom is -0.464 e. The molecule has 0 bridgehead atoms. The first-order valence-electron chi connectivity index (χ1n) is 12.8. The van der Waals surface area contributed by atoms with Crippen LogP contribution in [0.15, 0.2) is 96.0 Å². The second-order valence-electron chi connectivity index (χ2n) is 9.52. The number of carbonyl (C=O) groups is 2. The molecule has 1 aromatic heterocycles. The lowest BCUT2D eigenvalue weighted by Crippen LogP contribution is -2.44. The van der Waals surface area contributed by atoms with Gasteiger partial charge >= 0.3 is 5.97 Å². The minimum atomic E-state index is -0.534. The molecule has 2 atom stereocenters. The van der Waals surface area contributed by atoms with Crippen LogP contribution in [0.1, 0.15) is 45.7 Å². The van der Waals surface area contributed by atoms with E-state index >= 15 is 0 Å². The van der Waals surface area contributed by atoms with Crippen molar-refractivity contribution < 1.29 is 14.3 Å². The van der Waals surface area contributed by atoms with Gasteiger partial charge in [-0.15, -0.1) is 16.9 Å². The normalized spacial score (nSPS) is 17.3. The molecule has 1 aliphatic heterocycles. The minimum absolute atomic E-state index is 0.0516. The molecule has 0 saturated carbocycles. The van der Waals surface area contributed by atoms with Gasteiger partial charge in [0.2, 0.25) is 5.91 Å². The van der Waals surface area contributed by atoms with Crippen molar-refractivity contribution in [3.8, 4) is 0 Å². The number of nitrogens with one attached hydrogen (secondary N) is 1. The summed E-state index contributed by atoms with van der Waals surface area (Å²) in [5.74, 6) is -0.586. The Morgan fingerprint density at radius 2 is 1.64 bits per heavy atom. The standard InChI is InChI=1S/C30H31N5O3S/c1-38-30(37)26-20-35(33-32-26)24-17-27(34(19-24)18-21-13-15-25(39-2)16-14-21)29(36)31-28(22-9-5-3-6-10-22)23-11-7-4-8-12-23/h3-16,20,24,27-28H,17-19H2,1-2H3,(H,31,36)/t24-,27+/m1/s1. The second-order valence-corrected chi connectivity index (χ2v) is 10.4. The quantitative estimate of drug-likeness (QED) is 0.246. The van der Waals surface area contributed by atoms with Crippen LogP contribution >= 0.6 is 11.8 Å². The molecule has 5 rings (SSSR count). The van der Waals surface area contributed by atoms with Crippen molar-refractivity contribution in [3.63, 3.8) is 0 Å². The SMILES string of the molecule is COC(=O)c1cn([C@@H]2C[C@@H](C(=O)NC(c3ccccc3)c3ccccc3)N(Cc3ccc(SC)cc3)C2)nn1. The summed E-state index contributed by atoms with van der Waals surface area (Å²) in [5, 5.41) is 11.5. The molecule has 0 spiro atoms. The van der Waals surface area contributed by atoms with E-state index in [1.807, 2.05) is 60.7 Å². The summed E-state index contributed by atoms with van der Waals surface area (Å²) in [6.45, 7) is 1.21. The first kappa shape index (κ1) is 26.6. The van der Waals surface area contributed by atoms with Gasteiger partial charge in [0.25, 0.3) is 0 Å². The summed E-state index contributed by atoms with van der Waals surface area (Å²) in [4.78, 5) is 29.3. The Balaban J connectivity index is 1.41. The fourth-order valence-corrected chi connectivity index (χ4v) is 5.43. The van der Waals surface area contributed by atoms with Gasteiger partial charge in [-0.2, -0.15) is 0 Å². The third kappa shape index (κ3) is 6.21. The average molecular weight is 542 g/mol. The van der Waals surface area contributed by atoms with Crippen molar-refractivity contribution in [2.75, 3.05) is 19.9 Å². The van der Waals surface area contributed by atoms with Crippen molar-refractivity contribution >= 4 is 23.6 Å². The Hall–Kier alpha value is -3.95. The number of benzene rings is 3. The van der Waals surface area contributed by atoms with E-state index in [0.29, 0.717) is 19.5 Å². The molecule has 0 radical (unpaired) electrons. The fourth-order valence-electron chi connectivity index (χ4n) is 5.03. The maximum absolute atomic E-state index is 14.0. The molecule has 200 valence electrons. The van der Waals surface area contributed by atoms with Crippen LogP contribution in [-0.2, 0) is 16.1 Å². The summed E-state index contributed by atoms with van der Waals surface area (Å²) >= 11 is 1.70. The number of methoxy groups -OCH3 is 1. The number of ether oxygens (including phenoxy) is 1. The number of rotatable bonds is 9. The van der Waals surface area contributed by atoms with E-state index in [1.54, 1.807) is 22.6 Å². The van der Waals surface area contributed by atoms with E-state index in [1.165, 1.54) is 12.0 Å². The molecule has 1 amide bonds. The van der Waals surface area contributed by atoms with Gasteiger partial charge in [-0.1, -0.05) is 78.0 Å².